The first-order chi connectivity index (χ1) is 10.1. The summed E-state index contributed by atoms with van der Waals surface area (Å²) in [5, 5.41) is 13.6. The maximum absolute atomic E-state index is 12.0. The summed E-state index contributed by atoms with van der Waals surface area (Å²) in [6.07, 6.45) is 4.16. The largest absolute Gasteiger partial charge is 0.379 e. The van der Waals surface area contributed by atoms with Crippen LogP contribution in [0.4, 0.5) is 0 Å². The van der Waals surface area contributed by atoms with Gasteiger partial charge in [0.1, 0.15) is 12.9 Å². The first-order valence-corrected chi connectivity index (χ1v) is 6.98. The first-order valence-electron chi connectivity index (χ1n) is 6.98. The number of carbonyl (C=O) groups excluding carboxylic acids is 1. The van der Waals surface area contributed by atoms with Crippen LogP contribution in [-0.2, 0) is 20.8 Å². The van der Waals surface area contributed by atoms with Crippen molar-refractivity contribution >= 4 is 5.91 Å². The predicted octanol–water partition coefficient (Wildman–Crippen LogP) is -0.0704. The number of hydrogen-bond acceptors (Lipinski definition) is 6. The van der Waals surface area contributed by atoms with Gasteiger partial charge in [-0.1, -0.05) is 11.6 Å². The lowest BCUT2D eigenvalue weighted by molar-refractivity contribution is -0.126. The zero-order valence-corrected chi connectivity index (χ0v) is 12.4. The summed E-state index contributed by atoms with van der Waals surface area (Å²) >= 11 is 0. The highest BCUT2D eigenvalue weighted by atomic mass is 16.5. The quantitative estimate of drug-likeness (QED) is 0.739. The molecule has 0 aliphatic carbocycles. The number of nitrogens with one attached hydrogen (secondary N) is 1. The van der Waals surface area contributed by atoms with Crippen molar-refractivity contribution in [2.45, 2.75) is 39.0 Å². The van der Waals surface area contributed by atoms with Gasteiger partial charge in [-0.2, -0.15) is 0 Å². The SMILES string of the molecule is CC(C)=CCO[C@@H]1CCOC[C@@H]1NC(=O)Cn1cnnn1. The van der Waals surface area contributed by atoms with E-state index in [1.165, 1.54) is 16.6 Å². The Morgan fingerprint density at radius 2 is 2.43 bits per heavy atom. The number of rotatable bonds is 6. The molecule has 2 atom stereocenters. The minimum absolute atomic E-state index is 0.0350. The number of carbonyl (C=O) groups is 1. The highest BCUT2D eigenvalue weighted by molar-refractivity contribution is 5.76. The van der Waals surface area contributed by atoms with E-state index < -0.39 is 0 Å². The van der Waals surface area contributed by atoms with Gasteiger partial charge in [0, 0.05) is 6.61 Å². The van der Waals surface area contributed by atoms with Crippen LogP contribution in [0.2, 0.25) is 0 Å². The zero-order valence-electron chi connectivity index (χ0n) is 12.4. The molecule has 1 N–H and O–H groups in total. The summed E-state index contributed by atoms with van der Waals surface area (Å²) in [6, 6.07) is -0.145. The van der Waals surface area contributed by atoms with Crippen molar-refractivity contribution in [2.24, 2.45) is 0 Å². The molecule has 0 unspecified atom stereocenters. The number of ether oxygens (including phenoxy) is 2. The van der Waals surface area contributed by atoms with E-state index in [0.717, 1.165) is 6.42 Å². The molecule has 0 aromatic carbocycles. The van der Waals surface area contributed by atoms with Crippen molar-refractivity contribution < 1.29 is 14.3 Å². The molecular formula is C13H21N5O3. The highest BCUT2D eigenvalue weighted by Gasteiger charge is 2.27. The van der Waals surface area contributed by atoms with E-state index in [0.29, 0.717) is 19.8 Å². The van der Waals surface area contributed by atoms with E-state index >= 15 is 0 Å². The van der Waals surface area contributed by atoms with E-state index in [4.69, 9.17) is 9.47 Å². The highest BCUT2D eigenvalue weighted by Crippen LogP contribution is 2.12. The Bertz CT molecular complexity index is 470. The van der Waals surface area contributed by atoms with Crippen molar-refractivity contribution in [1.29, 1.82) is 0 Å². The van der Waals surface area contributed by atoms with Gasteiger partial charge in [-0.3, -0.25) is 4.79 Å². The molecule has 1 aliphatic rings. The van der Waals surface area contributed by atoms with Gasteiger partial charge in [0.15, 0.2) is 0 Å². The molecule has 1 fully saturated rings. The van der Waals surface area contributed by atoms with Crippen LogP contribution in [0.15, 0.2) is 18.0 Å². The lowest BCUT2D eigenvalue weighted by Crippen LogP contribution is -2.51. The summed E-state index contributed by atoms with van der Waals surface area (Å²) in [7, 11) is 0. The first kappa shape index (κ1) is 15.6. The van der Waals surface area contributed by atoms with Gasteiger partial charge in [-0.15, -0.1) is 5.10 Å². The topological polar surface area (TPSA) is 91.2 Å². The van der Waals surface area contributed by atoms with E-state index in [1.807, 2.05) is 19.9 Å². The van der Waals surface area contributed by atoms with Gasteiger partial charge >= 0.3 is 0 Å². The zero-order chi connectivity index (χ0) is 15.1. The minimum Gasteiger partial charge on any atom is -0.379 e. The molecule has 1 amide bonds. The van der Waals surface area contributed by atoms with E-state index in [1.54, 1.807) is 0 Å². The normalized spacial score (nSPS) is 21.8. The minimum atomic E-state index is -0.159. The van der Waals surface area contributed by atoms with Gasteiger partial charge in [0.05, 0.1) is 25.4 Å². The van der Waals surface area contributed by atoms with Crippen LogP contribution in [0.5, 0.6) is 0 Å². The molecule has 2 heterocycles. The molecule has 0 saturated carbocycles. The summed E-state index contributed by atoms with van der Waals surface area (Å²) in [5.41, 5.74) is 1.21. The number of tetrazole rings is 1. The Morgan fingerprint density at radius 1 is 1.57 bits per heavy atom. The van der Waals surface area contributed by atoms with Gasteiger partial charge in [0.25, 0.3) is 0 Å². The van der Waals surface area contributed by atoms with E-state index in [-0.39, 0.29) is 24.6 Å². The third kappa shape index (κ3) is 5.24. The molecule has 0 bridgehead atoms. The van der Waals surface area contributed by atoms with Crippen LogP contribution >= 0.6 is 0 Å². The van der Waals surface area contributed by atoms with Crippen LogP contribution < -0.4 is 5.32 Å². The molecular weight excluding hydrogens is 274 g/mol. The molecule has 8 nitrogen and oxygen atoms in total. The number of aromatic nitrogens is 4. The fraction of sp³-hybridized carbons (Fsp3) is 0.692. The molecule has 0 spiro atoms. The van der Waals surface area contributed by atoms with Crippen molar-refractivity contribution in [2.75, 3.05) is 19.8 Å². The standard InChI is InChI=1S/C13H21N5O3/c1-10(2)3-6-21-12-4-5-20-8-11(12)15-13(19)7-18-9-14-16-17-18/h3,9,11-12H,4-8H2,1-2H3,(H,15,19)/t11-,12+/m0/s1. The van der Waals surface area contributed by atoms with Crippen molar-refractivity contribution in [3.8, 4) is 0 Å². The second-order valence-electron chi connectivity index (χ2n) is 5.20. The molecule has 116 valence electrons. The molecule has 0 radical (unpaired) electrons. The smallest absolute Gasteiger partial charge is 0.242 e. The molecule has 1 aromatic heterocycles. The fourth-order valence-electron chi connectivity index (χ4n) is 2.04. The number of nitrogens with zero attached hydrogens (tertiary/aromatic N) is 4. The molecule has 1 aromatic rings. The van der Waals surface area contributed by atoms with E-state index in [2.05, 4.69) is 20.8 Å². The van der Waals surface area contributed by atoms with Gasteiger partial charge in [-0.05, 0) is 30.7 Å². The molecule has 1 aliphatic heterocycles. The third-order valence-corrected chi connectivity index (χ3v) is 3.14. The van der Waals surface area contributed by atoms with Crippen molar-refractivity contribution in [3.05, 3.63) is 18.0 Å². The summed E-state index contributed by atoms with van der Waals surface area (Å²) in [5.74, 6) is -0.159. The molecule has 21 heavy (non-hydrogen) atoms. The Kier molecular flexibility index (Phi) is 5.82. The van der Waals surface area contributed by atoms with Crippen molar-refractivity contribution in [1.82, 2.24) is 25.5 Å². The van der Waals surface area contributed by atoms with Gasteiger partial charge in [-0.25, -0.2) is 4.68 Å². The van der Waals surface area contributed by atoms with Crippen LogP contribution in [0.3, 0.4) is 0 Å². The summed E-state index contributed by atoms with van der Waals surface area (Å²) < 4.78 is 12.6. The summed E-state index contributed by atoms with van der Waals surface area (Å²) in [6.45, 7) is 5.80. The summed E-state index contributed by atoms with van der Waals surface area (Å²) in [4.78, 5) is 12.0. The monoisotopic (exact) mass is 295 g/mol. The van der Waals surface area contributed by atoms with Gasteiger partial charge < -0.3 is 14.8 Å². The lowest BCUT2D eigenvalue weighted by Gasteiger charge is -2.31. The number of amides is 1. The average Bonchev–Trinajstić information content (AvgIpc) is 2.93. The maximum atomic E-state index is 12.0. The maximum Gasteiger partial charge on any atom is 0.242 e. The van der Waals surface area contributed by atoms with Crippen LogP contribution in [0.1, 0.15) is 20.3 Å². The predicted molar refractivity (Wildman–Crippen MR) is 74.4 cm³/mol. The van der Waals surface area contributed by atoms with E-state index in [9.17, 15) is 4.79 Å². The van der Waals surface area contributed by atoms with Crippen LogP contribution in [-0.4, -0.2) is 58.1 Å². The van der Waals surface area contributed by atoms with Crippen LogP contribution in [0.25, 0.3) is 0 Å². The van der Waals surface area contributed by atoms with Crippen LogP contribution in [0, 0.1) is 0 Å². The average molecular weight is 295 g/mol. The van der Waals surface area contributed by atoms with Crippen molar-refractivity contribution in [3.63, 3.8) is 0 Å². The third-order valence-electron chi connectivity index (χ3n) is 3.14. The molecule has 8 heteroatoms. The Balaban J connectivity index is 1.83. The second kappa shape index (κ2) is 7.84. The molecule has 1 saturated heterocycles. The Hall–Kier alpha value is -1.80. The number of allylic oxidation sites excluding steroid dienone is 1. The lowest BCUT2D eigenvalue weighted by atomic mass is 10.1. The second-order valence-corrected chi connectivity index (χ2v) is 5.20. The number of hydrogen-bond donors (Lipinski definition) is 1. The molecule has 2 rings (SSSR count). The fourth-order valence-corrected chi connectivity index (χ4v) is 2.04. The Labute approximate surface area is 123 Å². The van der Waals surface area contributed by atoms with Gasteiger partial charge in [0.2, 0.25) is 5.91 Å². The Morgan fingerprint density at radius 3 is 3.14 bits per heavy atom.